The van der Waals surface area contributed by atoms with Crippen molar-refractivity contribution in [1.82, 2.24) is 9.80 Å². The summed E-state index contributed by atoms with van der Waals surface area (Å²) >= 11 is 0. The Labute approximate surface area is 343 Å². The number of amidine groups is 1. The number of para-hydroxylation sites is 1. The second-order valence-corrected chi connectivity index (χ2v) is 16.9. The minimum absolute atomic E-state index is 0.0742. The molecule has 58 heavy (non-hydrogen) atoms. The molecule has 0 amide bonds. The lowest BCUT2D eigenvalue weighted by molar-refractivity contribution is 0.0740. The van der Waals surface area contributed by atoms with Gasteiger partial charge in [0.1, 0.15) is 30.0 Å². The van der Waals surface area contributed by atoms with Gasteiger partial charge in [0, 0.05) is 54.2 Å². The highest BCUT2D eigenvalue weighted by Crippen LogP contribution is 2.52. The number of hydrogen-bond acceptors (Lipinski definition) is 5. The summed E-state index contributed by atoms with van der Waals surface area (Å²) in [5.41, 5.74) is 14.5. The topological polar surface area (TPSA) is 31.3 Å². The average molecular weight is 759 g/mol. The van der Waals surface area contributed by atoms with E-state index in [2.05, 4.69) is 187 Å². The first-order valence-corrected chi connectivity index (χ1v) is 21.3. The Balaban J connectivity index is 0.874. The zero-order chi connectivity index (χ0) is 38.7. The molecule has 6 unspecified atom stereocenters. The van der Waals surface area contributed by atoms with Gasteiger partial charge in [-0.05, 0) is 89.9 Å². The molecule has 4 aromatic rings. The molecule has 0 bridgehead atoms. The van der Waals surface area contributed by atoms with Gasteiger partial charge in [-0.2, -0.15) is 0 Å². The van der Waals surface area contributed by atoms with Gasteiger partial charge in [0.2, 0.25) is 0 Å². The fourth-order valence-electron chi connectivity index (χ4n) is 10.7. The van der Waals surface area contributed by atoms with Crippen LogP contribution < -0.4 is 4.90 Å². The van der Waals surface area contributed by atoms with Gasteiger partial charge in [-0.3, -0.25) is 4.90 Å². The smallest absolute Gasteiger partial charge is 0.132 e. The maximum atomic E-state index is 6.45. The van der Waals surface area contributed by atoms with E-state index < -0.39 is 0 Å². The second-order valence-electron chi connectivity index (χ2n) is 16.9. The van der Waals surface area contributed by atoms with E-state index in [4.69, 9.17) is 9.73 Å². The number of fused-ring (bicyclic) bond motifs is 5. The predicted molar refractivity (Wildman–Crippen MR) is 237 cm³/mol. The summed E-state index contributed by atoms with van der Waals surface area (Å²) in [6.07, 6.45) is 27.1. The van der Waals surface area contributed by atoms with Crippen LogP contribution in [-0.2, 0) is 4.74 Å². The molecule has 0 radical (unpaired) electrons. The first-order chi connectivity index (χ1) is 28.6. The number of aliphatic imine (C=N–C) groups is 1. The van der Waals surface area contributed by atoms with Gasteiger partial charge >= 0.3 is 0 Å². The van der Waals surface area contributed by atoms with Gasteiger partial charge in [-0.25, -0.2) is 4.99 Å². The van der Waals surface area contributed by atoms with Crippen molar-refractivity contribution in [3.05, 3.63) is 208 Å². The third kappa shape index (κ3) is 5.98. The number of ether oxygens (including phenoxy) is 1. The summed E-state index contributed by atoms with van der Waals surface area (Å²) in [6, 6.07) is 38.8. The van der Waals surface area contributed by atoms with Crippen LogP contribution >= 0.6 is 0 Å². The second kappa shape index (κ2) is 14.5. The highest BCUT2D eigenvalue weighted by atomic mass is 16.5. The van der Waals surface area contributed by atoms with Gasteiger partial charge in [0.05, 0.1) is 6.04 Å². The molecule has 0 saturated heterocycles. The zero-order valence-electron chi connectivity index (χ0n) is 33.4. The van der Waals surface area contributed by atoms with Crippen molar-refractivity contribution in [3.8, 4) is 0 Å². The lowest BCUT2D eigenvalue weighted by Crippen LogP contribution is -2.47. The zero-order valence-corrected chi connectivity index (χ0v) is 33.4. The average Bonchev–Trinajstić information content (AvgIpc) is 3.82. The number of rotatable bonds is 6. The van der Waals surface area contributed by atoms with Crippen molar-refractivity contribution in [2.75, 3.05) is 19.0 Å². The first kappa shape index (κ1) is 35.3. The van der Waals surface area contributed by atoms with Crippen LogP contribution in [0.15, 0.2) is 185 Å². The number of nitrogens with zero attached hydrogens (tertiary/aromatic N) is 4. The van der Waals surface area contributed by atoms with E-state index in [9.17, 15) is 0 Å². The number of hydrogen-bond donors (Lipinski definition) is 0. The molecular weight excluding hydrogens is 709 g/mol. The number of anilines is 2. The summed E-state index contributed by atoms with van der Waals surface area (Å²) in [4.78, 5) is 12.9. The maximum Gasteiger partial charge on any atom is 0.132 e. The van der Waals surface area contributed by atoms with Crippen molar-refractivity contribution in [2.24, 2.45) is 4.99 Å². The molecule has 4 aromatic carbocycles. The molecule has 0 spiro atoms. The summed E-state index contributed by atoms with van der Waals surface area (Å²) in [5.74, 6) is 2.99. The molecule has 7 aliphatic rings. The Hall–Kier alpha value is -5.91. The molecule has 3 aliphatic heterocycles. The van der Waals surface area contributed by atoms with Crippen LogP contribution in [0.3, 0.4) is 0 Å². The molecule has 288 valence electrons. The predicted octanol–water partition coefficient (Wildman–Crippen LogP) is 12.0. The van der Waals surface area contributed by atoms with E-state index in [0.717, 1.165) is 44.4 Å². The number of benzene rings is 4. The van der Waals surface area contributed by atoms with Gasteiger partial charge in [-0.1, -0.05) is 140 Å². The van der Waals surface area contributed by atoms with Crippen LogP contribution in [0, 0.1) is 0 Å². The quantitative estimate of drug-likeness (QED) is 0.183. The maximum absolute atomic E-state index is 6.45. The van der Waals surface area contributed by atoms with Crippen molar-refractivity contribution in [3.63, 3.8) is 0 Å². The van der Waals surface area contributed by atoms with Crippen molar-refractivity contribution >= 4 is 22.8 Å². The van der Waals surface area contributed by atoms with E-state index in [0.29, 0.717) is 11.8 Å². The fraction of sp³-hybridized carbons (Fsp3) is 0.264. The lowest BCUT2D eigenvalue weighted by Gasteiger charge is -2.45. The van der Waals surface area contributed by atoms with Gasteiger partial charge in [-0.15, -0.1) is 0 Å². The summed E-state index contributed by atoms with van der Waals surface area (Å²) in [5, 5.41) is 0. The Bertz CT molecular complexity index is 2520. The molecule has 4 aliphatic carbocycles. The molecular formula is C53H50N4O. The SMILES string of the molecule is CN1C(C2=CC=CCC2)=NC(c2cccc(C3C=CC4C(C3)c3ccccc3N4c3ccc(C4=CC=C5C6=C(CCC=C6)OC5C4)cc3)c2)N(C)C1c1ccccc1. The van der Waals surface area contributed by atoms with E-state index in [1.54, 1.807) is 0 Å². The molecule has 5 nitrogen and oxygen atoms in total. The third-order valence-corrected chi connectivity index (χ3v) is 13.6. The van der Waals surface area contributed by atoms with Crippen LogP contribution in [-0.4, -0.2) is 41.9 Å². The van der Waals surface area contributed by atoms with E-state index in [1.165, 1.54) is 67.2 Å². The minimum Gasteiger partial charge on any atom is -0.489 e. The molecule has 11 rings (SSSR count). The van der Waals surface area contributed by atoms with Crippen LogP contribution in [0.1, 0.15) is 90.5 Å². The van der Waals surface area contributed by atoms with Gasteiger partial charge < -0.3 is 14.5 Å². The van der Waals surface area contributed by atoms with Crippen molar-refractivity contribution in [1.29, 1.82) is 0 Å². The minimum atomic E-state index is -0.0959. The first-order valence-electron chi connectivity index (χ1n) is 21.3. The van der Waals surface area contributed by atoms with E-state index in [-0.39, 0.29) is 24.5 Å². The summed E-state index contributed by atoms with van der Waals surface area (Å²) < 4.78 is 6.45. The fourth-order valence-corrected chi connectivity index (χ4v) is 10.7. The highest BCUT2D eigenvalue weighted by molar-refractivity contribution is 5.99. The van der Waals surface area contributed by atoms with Gasteiger partial charge in [0.15, 0.2) is 0 Å². The van der Waals surface area contributed by atoms with Gasteiger partial charge in [0.25, 0.3) is 0 Å². The molecule has 0 fully saturated rings. The number of allylic oxidation sites excluding steroid dienone is 9. The summed E-state index contributed by atoms with van der Waals surface area (Å²) in [7, 11) is 4.43. The standard InChI is InChI=1S/C53H50N4O/c1-55-51(36-14-5-3-6-15-36)54-52(56(2)53(55)37-16-7-4-8-17-37)41-19-13-18-38(32-41)39-27-31-48-46(33-39)43-20-9-11-22-47(43)57(48)42-28-24-35(25-29-42)40-26-30-45-44-21-10-12-23-49(44)58-50(45)34-40/h3-5,7-11,13-14,16-22,24-32,39,46,48,50,52-53H,6,12,15,23,33-34H2,1-2H3. The number of likely N-dealkylation sites (N-methyl/N-ethyl adjacent to an activating group) is 1. The monoisotopic (exact) mass is 758 g/mol. The lowest BCUT2D eigenvalue weighted by atomic mass is 9.78. The molecule has 5 heteroatoms. The van der Waals surface area contributed by atoms with Crippen LogP contribution in [0.2, 0.25) is 0 Å². The van der Waals surface area contributed by atoms with Crippen molar-refractivity contribution < 1.29 is 4.74 Å². The molecule has 0 saturated carbocycles. The van der Waals surface area contributed by atoms with E-state index in [1.807, 2.05) is 0 Å². The third-order valence-electron chi connectivity index (χ3n) is 13.6. The van der Waals surface area contributed by atoms with E-state index >= 15 is 0 Å². The molecule has 3 heterocycles. The molecule has 0 N–H and O–H groups in total. The Kier molecular flexibility index (Phi) is 8.80. The normalized spacial score (nSPS) is 27.2. The van der Waals surface area contributed by atoms with Crippen molar-refractivity contribution in [2.45, 2.75) is 74.8 Å². The highest BCUT2D eigenvalue weighted by Gasteiger charge is 2.42. The van der Waals surface area contributed by atoms with Crippen LogP contribution in [0.4, 0.5) is 11.4 Å². The largest absolute Gasteiger partial charge is 0.489 e. The van der Waals surface area contributed by atoms with Crippen LogP contribution in [0.5, 0.6) is 0 Å². The molecule has 0 aromatic heterocycles. The van der Waals surface area contributed by atoms with Crippen LogP contribution in [0.25, 0.3) is 5.57 Å². The molecule has 6 atom stereocenters. The Morgan fingerprint density at radius 2 is 1.53 bits per heavy atom. The Morgan fingerprint density at radius 3 is 2.40 bits per heavy atom. The summed E-state index contributed by atoms with van der Waals surface area (Å²) in [6.45, 7) is 0. The Morgan fingerprint density at radius 1 is 0.724 bits per heavy atom.